The number of nitrogens with one attached hydrogen (secondary N) is 1. The lowest BCUT2D eigenvalue weighted by molar-refractivity contribution is 0.0382. The molecule has 0 radical (unpaired) electrons. The van der Waals surface area contributed by atoms with E-state index in [1.54, 1.807) is 11.7 Å². The Bertz CT molecular complexity index is 677. The number of thiazole rings is 1. The number of carbonyl (C=O) groups excluding carboxylic acids is 1. The number of ether oxygens (including phenoxy) is 1. The molecule has 0 aliphatic carbocycles. The van der Waals surface area contributed by atoms with E-state index in [1.165, 1.54) is 11.3 Å². The zero-order valence-electron chi connectivity index (χ0n) is 13.9. The van der Waals surface area contributed by atoms with Crippen LogP contribution in [0.2, 0.25) is 0 Å². The van der Waals surface area contributed by atoms with Crippen LogP contribution in [0, 0.1) is 0 Å². The predicted molar refractivity (Wildman–Crippen MR) is 90.6 cm³/mol. The SMILES string of the molecule is CC(C)NC(=O)c1csc(-n2cnnc2CCN2CCOCC2)n1. The Kier molecular flexibility index (Phi) is 5.54. The molecule has 9 heteroatoms. The average Bonchev–Trinajstić information content (AvgIpc) is 3.22. The smallest absolute Gasteiger partial charge is 0.271 e. The summed E-state index contributed by atoms with van der Waals surface area (Å²) in [7, 11) is 0. The van der Waals surface area contributed by atoms with Gasteiger partial charge in [-0.3, -0.25) is 14.3 Å². The summed E-state index contributed by atoms with van der Waals surface area (Å²) in [4.78, 5) is 18.8. The molecule has 1 saturated heterocycles. The maximum Gasteiger partial charge on any atom is 0.271 e. The molecule has 3 rings (SSSR count). The topological polar surface area (TPSA) is 85.2 Å². The van der Waals surface area contributed by atoms with Crippen molar-refractivity contribution in [2.75, 3.05) is 32.8 Å². The Morgan fingerprint density at radius 1 is 1.42 bits per heavy atom. The van der Waals surface area contributed by atoms with Crippen LogP contribution in [0.25, 0.3) is 5.13 Å². The molecule has 1 amide bonds. The number of aromatic nitrogens is 4. The number of nitrogens with zero attached hydrogens (tertiary/aromatic N) is 5. The molecule has 24 heavy (non-hydrogen) atoms. The van der Waals surface area contributed by atoms with Gasteiger partial charge in [-0.2, -0.15) is 0 Å². The zero-order valence-corrected chi connectivity index (χ0v) is 14.8. The minimum atomic E-state index is -0.157. The van der Waals surface area contributed by atoms with Crippen molar-refractivity contribution in [3.8, 4) is 5.13 Å². The fourth-order valence-electron chi connectivity index (χ4n) is 2.49. The molecule has 0 aromatic carbocycles. The van der Waals surface area contributed by atoms with Gasteiger partial charge in [0.05, 0.1) is 13.2 Å². The first-order valence-electron chi connectivity index (χ1n) is 8.09. The molecule has 1 aliphatic heterocycles. The van der Waals surface area contributed by atoms with Gasteiger partial charge in [-0.15, -0.1) is 21.5 Å². The van der Waals surface area contributed by atoms with Crippen LogP contribution in [0.15, 0.2) is 11.7 Å². The van der Waals surface area contributed by atoms with Crippen LogP contribution in [0.4, 0.5) is 0 Å². The van der Waals surface area contributed by atoms with E-state index in [1.807, 2.05) is 18.4 Å². The molecule has 0 spiro atoms. The lowest BCUT2D eigenvalue weighted by atomic mass is 10.3. The van der Waals surface area contributed by atoms with Crippen LogP contribution in [-0.4, -0.2) is 69.4 Å². The Hall–Kier alpha value is -1.84. The Morgan fingerprint density at radius 2 is 2.21 bits per heavy atom. The van der Waals surface area contributed by atoms with Gasteiger partial charge in [-0.05, 0) is 13.8 Å². The van der Waals surface area contributed by atoms with Crippen molar-refractivity contribution in [3.63, 3.8) is 0 Å². The standard InChI is InChI=1S/C15H22N6O2S/c1-11(2)17-14(22)12-9-24-15(18-12)21-10-16-19-13(21)3-4-20-5-7-23-8-6-20/h9-11H,3-8H2,1-2H3,(H,17,22). The second kappa shape index (κ2) is 7.82. The highest BCUT2D eigenvalue weighted by Crippen LogP contribution is 2.17. The van der Waals surface area contributed by atoms with E-state index >= 15 is 0 Å². The normalized spacial score (nSPS) is 15.8. The summed E-state index contributed by atoms with van der Waals surface area (Å²) in [6, 6.07) is 0.0849. The summed E-state index contributed by atoms with van der Waals surface area (Å²) in [5.41, 5.74) is 0.427. The summed E-state index contributed by atoms with van der Waals surface area (Å²) in [6.07, 6.45) is 2.44. The molecule has 0 bridgehead atoms. The fraction of sp³-hybridized carbons (Fsp3) is 0.600. The first-order valence-corrected chi connectivity index (χ1v) is 8.97. The molecule has 2 aromatic heterocycles. The van der Waals surface area contributed by atoms with Crippen LogP contribution in [0.1, 0.15) is 30.2 Å². The van der Waals surface area contributed by atoms with Crippen LogP contribution in [-0.2, 0) is 11.2 Å². The van der Waals surface area contributed by atoms with Gasteiger partial charge in [-0.1, -0.05) is 0 Å². The van der Waals surface area contributed by atoms with Gasteiger partial charge in [-0.25, -0.2) is 4.98 Å². The second-order valence-electron chi connectivity index (χ2n) is 5.96. The van der Waals surface area contributed by atoms with E-state index in [4.69, 9.17) is 4.74 Å². The number of carbonyl (C=O) groups is 1. The molecule has 0 unspecified atom stereocenters. The summed E-state index contributed by atoms with van der Waals surface area (Å²) in [6.45, 7) is 8.23. The maximum atomic E-state index is 12.0. The lowest BCUT2D eigenvalue weighted by Gasteiger charge is -2.26. The molecule has 0 saturated carbocycles. The van der Waals surface area contributed by atoms with E-state index in [0.717, 1.165) is 45.1 Å². The summed E-state index contributed by atoms with van der Waals surface area (Å²) >= 11 is 1.42. The maximum absolute atomic E-state index is 12.0. The van der Waals surface area contributed by atoms with Crippen molar-refractivity contribution < 1.29 is 9.53 Å². The molecule has 1 N–H and O–H groups in total. The van der Waals surface area contributed by atoms with Gasteiger partial charge in [0.25, 0.3) is 5.91 Å². The van der Waals surface area contributed by atoms with Gasteiger partial charge < -0.3 is 10.1 Å². The molecule has 2 aromatic rings. The van der Waals surface area contributed by atoms with Crippen molar-refractivity contribution in [1.82, 2.24) is 30.0 Å². The van der Waals surface area contributed by atoms with Crippen molar-refractivity contribution in [2.45, 2.75) is 26.3 Å². The number of morpholine rings is 1. The van der Waals surface area contributed by atoms with Gasteiger partial charge in [0.1, 0.15) is 17.8 Å². The molecule has 1 aliphatic rings. The highest BCUT2D eigenvalue weighted by molar-refractivity contribution is 7.12. The lowest BCUT2D eigenvalue weighted by Crippen LogP contribution is -2.37. The Balaban J connectivity index is 1.66. The van der Waals surface area contributed by atoms with Crippen molar-refractivity contribution in [3.05, 3.63) is 23.2 Å². The quantitative estimate of drug-likeness (QED) is 0.827. The first-order chi connectivity index (χ1) is 11.6. The number of amides is 1. The van der Waals surface area contributed by atoms with E-state index in [2.05, 4.69) is 25.4 Å². The van der Waals surface area contributed by atoms with Gasteiger partial charge in [0.2, 0.25) is 0 Å². The van der Waals surface area contributed by atoms with Crippen LogP contribution in [0.5, 0.6) is 0 Å². The molecule has 3 heterocycles. The van der Waals surface area contributed by atoms with E-state index in [-0.39, 0.29) is 11.9 Å². The van der Waals surface area contributed by atoms with Crippen molar-refractivity contribution in [2.24, 2.45) is 0 Å². The summed E-state index contributed by atoms with van der Waals surface area (Å²) < 4.78 is 7.22. The minimum Gasteiger partial charge on any atom is -0.379 e. The third-order valence-electron chi connectivity index (χ3n) is 3.72. The van der Waals surface area contributed by atoms with Gasteiger partial charge in [0.15, 0.2) is 5.13 Å². The number of hydrogen-bond donors (Lipinski definition) is 1. The molecular formula is C15H22N6O2S. The third kappa shape index (κ3) is 4.16. The van der Waals surface area contributed by atoms with Crippen molar-refractivity contribution >= 4 is 17.2 Å². The van der Waals surface area contributed by atoms with Gasteiger partial charge >= 0.3 is 0 Å². The number of hydrogen-bond acceptors (Lipinski definition) is 7. The first kappa shape index (κ1) is 17.0. The van der Waals surface area contributed by atoms with E-state index in [0.29, 0.717) is 10.8 Å². The predicted octanol–water partition coefficient (Wildman–Crippen LogP) is 0.737. The minimum absolute atomic E-state index is 0.0849. The Labute approximate surface area is 144 Å². The summed E-state index contributed by atoms with van der Waals surface area (Å²) in [5.74, 6) is 0.696. The largest absolute Gasteiger partial charge is 0.379 e. The van der Waals surface area contributed by atoms with E-state index < -0.39 is 0 Å². The molecule has 0 atom stereocenters. The third-order valence-corrected chi connectivity index (χ3v) is 4.56. The molecule has 8 nitrogen and oxygen atoms in total. The van der Waals surface area contributed by atoms with Gasteiger partial charge in [0, 0.05) is 37.5 Å². The van der Waals surface area contributed by atoms with Crippen molar-refractivity contribution in [1.29, 1.82) is 0 Å². The fourth-order valence-corrected chi connectivity index (χ4v) is 3.28. The Morgan fingerprint density at radius 3 is 2.96 bits per heavy atom. The monoisotopic (exact) mass is 350 g/mol. The highest BCUT2D eigenvalue weighted by atomic mass is 32.1. The average molecular weight is 350 g/mol. The highest BCUT2D eigenvalue weighted by Gasteiger charge is 2.16. The van der Waals surface area contributed by atoms with Crippen LogP contribution >= 0.6 is 11.3 Å². The second-order valence-corrected chi connectivity index (χ2v) is 6.80. The zero-order chi connectivity index (χ0) is 16.9. The van der Waals surface area contributed by atoms with Crippen LogP contribution < -0.4 is 5.32 Å². The molecular weight excluding hydrogens is 328 g/mol. The van der Waals surface area contributed by atoms with Crippen LogP contribution in [0.3, 0.4) is 0 Å². The molecule has 130 valence electrons. The molecule has 1 fully saturated rings. The van der Waals surface area contributed by atoms with E-state index in [9.17, 15) is 4.79 Å². The number of rotatable bonds is 6. The summed E-state index contributed by atoms with van der Waals surface area (Å²) in [5, 5.41) is 13.5.